The molecular formula is C15H24O3. The highest BCUT2D eigenvalue weighted by Gasteiger charge is 2.43. The van der Waals surface area contributed by atoms with Crippen LogP contribution in [-0.2, 0) is 4.79 Å². The summed E-state index contributed by atoms with van der Waals surface area (Å²) < 4.78 is 0. The Balaban J connectivity index is 2.37. The molecule has 0 radical (unpaired) electrons. The molecule has 2 aliphatic rings. The lowest BCUT2D eigenvalue weighted by Gasteiger charge is -2.32. The second-order valence-electron chi connectivity index (χ2n) is 6.63. The quantitative estimate of drug-likeness (QED) is 0.751. The second kappa shape index (κ2) is 4.46. The van der Waals surface area contributed by atoms with Crippen molar-refractivity contribution >= 4 is 5.78 Å². The topological polar surface area (TPSA) is 57.5 Å². The number of fused-ring (bicyclic) bond motifs is 1. The second-order valence-corrected chi connectivity index (χ2v) is 6.63. The fourth-order valence-electron chi connectivity index (χ4n) is 3.59. The van der Waals surface area contributed by atoms with Gasteiger partial charge in [0, 0.05) is 12.3 Å². The Labute approximate surface area is 109 Å². The van der Waals surface area contributed by atoms with Crippen molar-refractivity contribution < 1.29 is 15.0 Å². The lowest BCUT2D eigenvalue weighted by Crippen LogP contribution is -2.39. The van der Waals surface area contributed by atoms with Crippen LogP contribution in [0.4, 0.5) is 0 Å². The first-order valence-electron chi connectivity index (χ1n) is 6.85. The van der Waals surface area contributed by atoms with E-state index in [1.54, 1.807) is 13.8 Å². The summed E-state index contributed by atoms with van der Waals surface area (Å²) in [5.74, 6) is 0.650. The van der Waals surface area contributed by atoms with Gasteiger partial charge in [0.15, 0.2) is 5.78 Å². The molecule has 0 aliphatic heterocycles. The summed E-state index contributed by atoms with van der Waals surface area (Å²) in [6.45, 7) is 7.49. The van der Waals surface area contributed by atoms with Crippen LogP contribution in [0.2, 0.25) is 0 Å². The van der Waals surface area contributed by atoms with Gasteiger partial charge in [-0.15, -0.1) is 0 Å². The maximum atomic E-state index is 11.9. The van der Waals surface area contributed by atoms with E-state index in [9.17, 15) is 15.0 Å². The smallest absolute Gasteiger partial charge is 0.159 e. The van der Waals surface area contributed by atoms with E-state index in [-0.39, 0.29) is 17.6 Å². The molecule has 2 rings (SSSR count). The Kier molecular flexibility index (Phi) is 3.41. The Bertz CT molecular complexity index is 389. The van der Waals surface area contributed by atoms with Gasteiger partial charge in [0.2, 0.25) is 0 Å². The SMILES string of the molecule is CC1=C2CC(C(C)(C)O)C(O)CC(C)[C@H]2CC1=O. The van der Waals surface area contributed by atoms with Gasteiger partial charge in [-0.05, 0) is 51.0 Å². The molecule has 3 heteroatoms. The Morgan fingerprint density at radius 2 is 1.89 bits per heavy atom. The lowest BCUT2D eigenvalue weighted by molar-refractivity contribution is -0.115. The van der Waals surface area contributed by atoms with Crippen LogP contribution in [0, 0.1) is 17.8 Å². The number of ketones is 1. The van der Waals surface area contributed by atoms with Crippen LogP contribution < -0.4 is 0 Å². The number of aliphatic hydroxyl groups excluding tert-OH is 1. The van der Waals surface area contributed by atoms with E-state index >= 15 is 0 Å². The minimum Gasteiger partial charge on any atom is -0.393 e. The summed E-state index contributed by atoms with van der Waals surface area (Å²) in [5, 5.41) is 20.5. The molecule has 0 aromatic heterocycles. The molecule has 0 saturated heterocycles. The van der Waals surface area contributed by atoms with Crippen molar-refractivity contribution in [3.05, 3.63) is 11.1 Å². The normalized spacial score (nSPS) is 37.8. The molecule has 3 nitrogen and oxygen atoms in total. The van der Waals surface area contributed by atoms with Crippen molar-refractivity contribution in [2.24, 2.45) is 17.8 Å². The van der Waals surface area contributed by atoms with Crippen LogP contribution in [0.25, 0.3) is 0 Å². The minimum absolute atomic E-state index is 0.180. The van der Waals surface area contributed by atoms with Gasteiger partial charge in [-0.2, -0.15) is 0 Å². The van der Waals surface area contributed by atoms with Gasteiger partial charge in [-0.3, -0.25) is 4.79 Å². The number of rotatable bonds is 1. The molecule has 18 heavy (non-hydrogen) atoms. The molecule has 0 spiro atoms. The van der Waals surface area contributed by atoms with Gasteiger partial charge in [-0.1, -0.05) is 12.5 Å². The molecule has 1 fully saturated rings. The van der Waals surface area contributed by atoms with Crippen molar-refractivity contribution in [3.8, 4) is 0 Å². The molecule has 1 saturated carbocycles. The monoisotopic (exact) mass is 252 g/mol. The number of hydrogen-bond acceptors (Lipinski definition) is 3. The summed E-state index contributed by atoms with van der Waals surface area (Å²) in [7, 11) is 0. The van der Waals surface area contributed by atoms with Crippen LogP contribution in [0.3, 0.4) is 0 Å². The van der Waals surface area contributed by atoms with Gasteiger partial charge in [0.25, 0.3) is 0 Å². The first-order chi connectivity index (χ1) is 8.21. The third-order valence-electron chi connectivity index (χ3n) is 4.86. The summed E-state index contributed by atoms with van der Waals surface area (Å²) in [5.41, 5.74) is 1.14. The van der Waals surface area contributed by atoms with Crippen molar-refractivity contribution in [1.82, 2.24) is 0 Å². The molecule has 2 N–H and O–H groups in total. The zero-order chi connectivity index (χ0) is 13.7. The first-order valence-corrected chi connectivity index (χ1v) is 6.85. The van der Waals surface area contributed by atoms with Crippen LogP contribution in [0.1, 0.15) is 47.0 Å². The van der Waals surface area contributed by atoms with Gasteiger partial charge in [-0.25, -0.2) is 0 Å². The zero-order valence-corrected chi connectivity index (χ0v) is 11.7. The number of hydrogen-bond donors (Lipinski definition) is 2. The van der Waals surface area contributed by atoms with Gasteiger partial charge in [0.05, 0.1) is 11.7 Å². The first kappa shape index (κ1) is 13.8. The average molecular weight is 252 g/mol. The minimum atomic E-state index is -0.910. The van der Waals surface area contributed by atoms with Gasteiger partial charge in [0.1, 0.15) is 0 Å². The molecule has 0 aromatic carbocycles. The predicted octanol–water partition coefficient (Wildman–Crippen LogP) is 2.07. The summed E-state index contributed by atoms with van der Waals surface area (Å²) >= 11 is 0. The molecule has 2 aliphatic carbocycles. The molecule has 0 heterocycles. The zero-order valence-electron chi connectivity index (χ0n) is 11.7. The number of Topliss-reactive ketones (excluding diaryl/α,β-unsaturated/α-hetero) is 1. The van der Waals surface area contributed by atoms with E-state index in [0.29, 0.717) is 25.2 Å². The van der Waals surface area contributed by atoms with E-state index in [1.165, 1.54) is 5.57 Å². The molecule has 4 atom stereocenters. The van der Waals surface area contributed by atoms with Crippen molar-refractivity contribution in [3.63, 3.8) is 0 Å². The summed E-state index contributed by atoms with van der Waals surface area (Å²) in [6.07, 6.45) is 1.43. The van der Waals surface area contributed by atoms with Crippen LogP contribution in [0.5, 0.6) is 0 Å². The number of aliphatic hydroxyl groups is 2. The standard InChI is InChI=1S/C15H24O3/c1-8-5-14(17)12(15(3,4)18)6-11-9(2)13(16)7-10(8)11/h8,10,12,14,17-18H,5-7H2,1-4H3/t8?,10-,12?,14?/m1/s1. The van der Waals surface area contributed by atoms with E-state index in [2.05, 4.69) is 6.92 Å². The van der Waals surface area contributed by atoms with Gasteiger partial charge >= 0.3 is 0 Å². The third kappa shape index (κ3) is 2.26. The molecule has 0 bridgehead atoms. The highest BCUT2D eigenvalue weighted by atomic mass is 16.3. The van der Waals surface area contributed by atoms with E-state index in [4.69, 9.17) is 0 Å². The lowest BCUT2D eigenvalue weighted by atomic mass is 9.81. The van der Waals surface area contributed by atoms with Crippen LogP contribution >= 0.6 is 0 Å². The van der Waals surface area contributed by atoms with E-state index in [1.807, 2.05) is 6.92 Å². The Morgan fingerprint density at radius 1 is 1.28 bits per heavy atom. The van der Waals surface area contributed by atoms with Crippen LogP contribution in [-0.4, -0.2) is 27.7 Å². The number of allylic oxidation sites excluding steroid dienone is 2. The maximum absolute atomic E-state index is 11.9. The largest absolute Gasteiger partial charge is 0.393 e. The van der Waals surface area contributed by atoms with Crippen molar-refractivity contribution in [2.45, 2.75) is 58.7 Å². The number of carbonyl (C=O) groups is 1. The average Bonchev–Trinajstić information content (AvgIpc) is 2.43. The molecule has 0 amide bonds. The molecular weight excluding hydrogens is 228 g/mol. The molecule has 0 aromatic rings. The van der Waals surface area contributed by atoms with Crippen molar-refractivity contribution in [2.75, 3.05) is 0 Å². The fourth-order valence-corrected chi connectivity index (χ4v) is 3.59. The summed E-state index contributed by atoms with van der Waals surface area (Å²) in [4.78, 5) is 11.9. The van der Waals surface area contributed by atoms with E-state index in [0.717, 1.165) is 5.57 Å². The Morgan fingerprint density at radius 3 is 2.44 bits per heavy atom. The summed E-state index contributed by atoms with van der Waals surface area (Å²) in [6, 6.07) is 0. The molecule has 102 valence electrons. The van der Waals surface area contributed by atoms with Gasteiger partial charge < -0.3 is 10.2 Å². The Hall–Kier alpha value is -0.670. The predicted molar refractivity (Wildman–Crippen MR) is 70.0 cm³/mol. The fraction of sp³-hybridized carbons (Fsp3) is 0.800. The van der Waals surface area contributed by atoms with E-state index < -0.39 is 11.7 Å². The maximum Gasteiger partial charge on any atom is 0.159 e. The molecule has 3 unspecified atom stereocenters. The number of carbonyl (C=O) groups excluding carboxylic acids is 1. The highest BCUT2D eigenvalue weighted by molar-refractivity contribution is 5.98. The van der Waals surface area contributed by atoms with Crippen molar-refractivity contribution in [1.29, 1.82) is 0 Å². The van der Waals surface area contributed by atoms with Crippen LogP contribution in [0.15, 0.2) is 11.1 Å². The highest BCUT2D eigenvalue weighted by Crippen LogP contribution is 2.46. The third-order valence-corrected chi connectivity index (χ3v) is 4.86.